The molecule has 82 valence electrons. The van der Waals surface area contributed by atoms with Crippen molar-refractivity contribution in [1.82, 2.24) is 9.80 Å². The van der Waals surface area contributed by atoms with Crippen LogP contribution < -0.4 is 0 Å². The molecule has 4 heteroatoms. The van der Waals surface area contributed by atoms with Gasteiger partial charge in [0.25, 0.3) is 0 Å². The molecule has 1 rings (SSSR count). The Morgan fingerprint density at radius 1 is 1.50 bits per heavy atom. The summed E-state index contributed by atoms with van der Waals surface area (Å²) >= 11 is 5.56. The Morgan fingerprint density at radius 2 is 2.21 bits per heavy atom. The predicted molar refractivity (Wildman–Crippen MR) is 58.6 cm³/mol. The number of likely N-dealkylation sites (N-methyl/N-ethyl adjacent to an activating group) is 1. The van der Waals surface area contributed by atoms with E-state index < -0.39 is 0 Å². The van der Waals surface area contributed by atoms with Crippen LogP contribution in [0.3, 0.4) is 0 Å². The minimum Gasteiger partial charge on any atom is -0.340 e. The van der Waals surface area contributed by atoms with Crippen molar-refractivity contribution in [2.24, 2.45) is 0 Å². The third-order valence-electron chi connectivity index (χ3n) is 2.91. The lowest BCUT2D eigenvalue weighted by Gasteiger charge is -2.39. The summed E-state index contributed by atoms with van der Waals surface area (Å²) in [5.74, 6) is 0.633. The molecule has 0 aliphatic carbocycles. The average molecular weight is 219 g/mol. The van der Waals surface area contributed by atoms with Gasteiger partial charge in [-0.05, 0) is 13.5 Å². The van der Waals surface area contributed by atoms with E-state index in [-0.39, 0.29) is 5.91 Å². The monoisotopic (exact) mass is 218 g/mol. The minimum absolute atomic E-state index is 0.201. The van der Waals surface area contributed by atoms with Crippen molar-refractivity contribution >= 4 is 17.5 Å². The summed E-state index contributed by atoms with van der Waals surface area (Å²) in [4.78, 5) is 15.9. The van der Waals surface area contributed by atoms with E-state index in [1.807, 2.05) is 4.90 Å². The highest BCUT2D eigenvalue weighted by Crippen LogP contribution is 2.11. The molecule has 1 saturated heterocycles. The first kappa shape index (κ1) is 11.8. The lowest BCUT2D eigenvalue weighted by Crippen LogP contribution is -2.53. The lowest BCUT2D eigenvalue weighted by molar-refractivity contribution is -0.133. The van der Waals surface area contributed by atoms with Crippen LogP contribution >= 0.6 is 11.6 Å². The number of carbonyl (C=O) groups is 1. The van der Waals surface area contributed by atoms with Gasteiger partial charge in [-0.25, -0.2) is 0 Å². The number of piperazine rings is 1. The SMILES string of the molecule is CCC1CN(C(=O)CCCl)CCN1C. The summed E-state index contributed by atoms with van der Waals surface area (Å²) in [7, 11) is 2.12. The highest BCUT2D eigenvalue weighted by molar-refractivity contribution is 6.18. The summed E-state index contributed by atoms with van der Waals surface area (Å²) in [6, 6.07) is 0.517. The topological polar surface area (TPSA) is 23.6 Å². The molecule has 1 amide bonds. The van der Waals surface area contributed by atoms with E-state index in [1.54, 1.807) is 0 Å². The van der Waals surface area contributed by atoms with E-state index >= 15 is 0 Å². The molecule has 0 radical (unpaired) electrons. The molecule has 0 aromatic rings. The van der Waals surface area contributed by atoms with Gasteiger partial charge < -0.3 is 4.90 Å². The Balaban J connectivity index is 2.45. The van der Waals surface area contributed by atoms with Crippen molar-refractivity contribution < 1.29 is 4.79 Å². The Bertz CT molecular complexity index is 199. The maximum absolute atomic E-state index is 11.6. The van der Waals surface area contributed by atoms with Gasteiger partial charge in [0.1, 0.15) is 0 Å². The van der Waals surface area contributed by atoms with Crippen LogP contribution in [-0.2, 0) is 4.79 Å². The summed E-state index contributed by atoms with van der Waals surface area (Å²) in [6.45, 7) is 4.86. The van der Waals surface area contributed by atoms with Crippen LogP contribution in [0.4, 0.5) is 0 Å². The van der Waals surface area contributed by atoms with Gasteiger partial charge in [0.2, 0.25) is 5.91 Å². The number of nitrogens with zero attached hydrogens (tertiary/aromatic N) is 2. The van der Waals surface area contributed by atoms with Crippen molar-refractivity contribution in [2.45, 2.75) is 25.8 Å². The third-order valence-corrected chi connectivity index (χ3v) is 3.10. The molecule has 0 spiro atoms. The molecular formula is C10H19ClN2O. The summed E-state index contributed by atoms with van der Waals surface area (Å²) in [5, 5.41) is 0. The second-order valence-electron chi connectivity index (χ2n) is 3.82. The molecule has 14 heavy (non-hydrogen) atoms. The number of halogens is 1. The van der Waals surface area contributed by atoms with Crippen LogP contribution in [0, 0.1) is 0 Å². The number of carbonyl (C=O) groups excluding carboxylic acids is 1. The van der Waals surface area contributed by atoms with Crippen molar-refractivity contribution in [2.75, 3.05) is 32.6 Å². The van der Waals surface area contributed by atoms with Gasteiger partial charge in [0.15, 0.2) is 0 Å². The standard InChI is InChI=1S/C10H19ClN2O/c1-3-9-8-13(7-6-12(9)2)10(14)4-5-11/h9H,3-8H2,1-2H3. The zero-order valence-corrected chi connectivity index (χ0v) is 9.76. The molecule has 1 atom stereocenters. The van der Waals surface area contributed by atoms with Crippen LogP contribution in [0.1, 0.15) is 19.8 Å². The van der Waals surface area contributed by atoms with Gasteiger partial charge in [0, 0.05) is 38.0 Å². The van der Waals surface area contributed by atoms with Crippen molar-refractivity contribution in [3.8, 4) is 0 Å². The number of rotatable bonds is 3. The Hall–Kier alpha value is -0.280. The Kier molecular flexibility index (Phi) is 4.69. The summed E-state index contributed by atoms with van der Waals surface area (Å²) < 4.78 is 0. The number of alkyl halides is 1. The van der Waals surface area contributed by atoms with Gasteiger partial charge >= 0.3 is 0 Å². The zero-order chi connectivity index (χ0) is 10.6. The second-order valence-corrected chi connectivity index (χ2v) is 4.20. The smallest absolute Gasteiger partial charge is 0.223 e. The molecule has 1 unspecified atom stereocenters. The molecule has 0 saturated carbocycles. The fourth-order valence-corrected chi connectivity index (χ4v) is 2.01. The highest BCUT2D eigenvalue weighted by Gasteiger charge is 2.25. The number of hydrogen-bond acceptors (Lipinski definition) is 2. The van der Waals surface area contributed by atoms with E-state index in [2.05, 4.69) is 18.9 Å². The zero-order valence-electron chi connectivity index (χ0n) is 9.00. The number of hydrogen-bond donors (Lipinski definition) is 0. The fourth-order valence-electron chi connectivity index (χ4n) is 1.85. The Morgan fingerprint density at radius 3 is 2.79 bits per heavy atom. The molecule has 1 aliphatic heterocycles. The predicted octanol–water partition coefficient (Wildman–Crippen LogP) is 1.17. The Labute approximate surface area is 91.0 Å². The number of amides is 1. The first-order chi connectivity index (χ1) is 6.69. The molecule has 0 N–H and O–H groups in total. The lowest BCUT2D eigenvalue weighted by atomic mass is 10.1. The van der Waals surface area contributed by atoms with Crippen molar-refractivity contribution in [3.63, 3.8) is 0 Å². The van der Waals surface area contributed by atoms with E-state index in [0.29, 0.717) is 18.3 Å². The van der Waals surface area contributed by atoms with Crippen LogP contribution in [-0.4, -0.2) is 54.3 Å². The molecule has 3 nitrogen and oxygen atoms in total. The van der Waals surface area contributed by atoms with Crippen molar-refractivity contribution in [1.29, 1.82) is 0 Å². The summed E-state index contributed by atoms with van der Waals surface area (Å²) in [6.07, 6.45) is 1.57. The van der Waals surface area contributed by atoms with E-state index in [9.17, 15) is 4.79 Å². The van der Waals surface area contributed by atoms with Gasteiger partial charge in [0.05, 0.1) is 0 Å². The van der Waals surface area contributed by atoms with Gasteiger partial charge in [-0.3, -0.25) is 9.69 Å². The van der Waals surface area contributed by atoms with Crippen LogP contribution in [0.5, 0.6) is 0 Å². The summed E-state index contributed by atoms with van der Waals surface area (Å²) in [5.41, 5.74) is 0. The second kappa shape index (κ2) is 5.56. The first-order valence-corrected chi connectivity index (χ1v) is 5.76. The normalized spacial score (nSPS) is 23.9. The van der Waals surface area contributed by atoms with Crippen molar-refractivity contribution in [3.05, 3.63) is 0 Å². The van der Waals surface area contributed by atoms with Crippen LogP contribution in [0.15, 0.2) is 0 Å². The van der Waals surface area contributed by atoms with Crippen LogP contribution in [0.25, 0.3) is 0 Å². The average Bonchev–Trinajstić information content (AvgIpc) is 2.19. The minimum atomic E-state index is 0.201. The van der Waals surface area contributed by atoms with E-state index in [1.165, 1.54) is 0 Å². The van der Waals surface area contributed by atoms with Gasteiger partial charge in [-0.1, -0.05) is 6.92 Å². The van der Waals surface area contributed by atoms with Gasteiger partial charge in [-0.2, -0.15) is 0 Å². The van der Waals surface area contributed by atoms with Gasteiger partial charge in [-0.15, -0.1) is 11.6 Å². The first-order valence-electron chi connectivity index (χ1n) is 5.23. The van der Waals surface area contributed by atoms with E-state index in [0.717, 1.165) is 26.1 Å². The van der Waals surface area contributed by atoms with E-state index in [4.69, 9.17) is 11.6 Å². The molecule has 1 aliphatic rings. The molecule has 1 heterocycles. The highest BCUT2D eigenvalue weighted by atomic mass is 35.5. The third kappa shape index (κ3) is 2.85. The molecule has 0 bridgehead atoms. The molecule has 1 fully saturated rings. The molecule has 0 aromatic carbocycles. The maximum atomic E-state index is 11.6. The maximum Gasteiger partial charge on any atom is 0.223 e. The fraction of sp³-hybridized carbons (Fsp3) is 0.900. The molecule has 0 aromatic heterocycles. The van der Waals surface area contributed by atoms with Crippen LogP contribution in [0.2, 0.25) is 0 Å². The quantitative estimate of drug-likeness (QED) is 0.664. The largest absolute Gasteiger partial charge is 0.340 e. The molecular weight excluding hydrogens is 200 g/mol.